The average Bonchev–Trinajstić information content (AvgIpc) is 3.91. The lowest BCUT2D eigenvalue weighted by Crippen LogP contribution is -2.54. The zero-order valence-corrected chi connectivity index (χ0v) is 42.0. The summed E-state index contributed by atoms with van der Waals surface area (Å²) in [5.74, 6) is -1.17. The molecule has 17 nitrogen and oxygen atoms in total. The van der Waals surface area contributed by atoms with Crippen molar-refractivity contribution >= 4 is 82.2 Å². The molecule has 0 bridgehead atoms. The van der Waals surface area contributed by atoms with Crippen molar-refractivity contribution in [3.8, 4) is 28.0 Å². The summed E-state index contributed by atoms with van der Waals surface area (Å²) in [5.41, 5.74) is 6.16. The van der Waals surface area contributed by atoms with Crippen molar-refractivity contribution in [1.82, 2.24) is 34.9 Å². The van der Waals surface area contributed by atoms with Crippen LogP contribution in [0.2, 0.25) is 5.02 Å². The van der Waals surface area contributed by atoms with E-state index in [1.807, 2.05) is 55.8 Å². The first-order valence-electron chi connectivity index (χ1n) is 23.9. The molecule has 4 amide bonds. The van der Waals surface area contributed by atoms with E-state index in [0.717, 1.165) is 86.1 Å². The van der Waals surface area contributed by atoms with Crippen molar-refractivity contribution in [2.24, 2.45) is 13.0 Å². The van der Waals surface area contributed by atoms with Crippen LogP contribution in [0.3, 0.4) is 0 Å². The van der Waals surface area contributed by atoms with Gasteiger partial charge in [-0.3, -0.25) is 39.0 Å². The van der Waals surface area contributed by atoms with E-state index in [1.165, 1.54) is 19.5 Å². The summed E-state index contributed by atoms with van der Waals surface area (Å²) in [6.07, 6.45) is 7.37. The van der Waals surface area contributed by atoms with Crippen LogP contribution in [-0.4, -0.2) is 125 Å². The number of carbonyl (C=O) groups excluding carboxylic acids is 4. The molecule has 0 spiro atoms. The maximum absolute atomic E-state index is 16.2. The summed E-state index contributed by atoms with van der Waals surface area (Å²) < 4.78 is 37.6. The molecule has 3 N–H and O–H groups in total. The molecule has 4 aliphatic heterocycles. The Hall–Kier alpha value is -7.14. The molecule has 3 saturated heterocycles. The fraction of sp³-hybridized carbons (Fsp3) is 0.327. The summed E-state index contributed by atoms with van der Waals surface area (Å²) in [7, 11) is 0.329. The molecule has 0 saturated carbocycles. The second-order valence-corrected chi connectivity index (χ2v) is 22.6. The Bertz CT molecular complexity index is 3170. The molecule has 3 fully saturated rings. The minimum absolute atomic E-state index is 0.0607. The number of ether oxygens (including phenoxy) is 1. The van der Waals surface area contributed by atoms with Crippen molar-refractivity contribution in [2.45, 2.75) is 31.7 Å². The predicted molar refractivity (Wildman–Crippen MR) is 276 cm³/mol. The number of hydrogen-bond donors (Lipinski definition) is 3. The number of nitrogens with zero attached hydrogens (tertiary/aromatic N) is 8. The number of piperidine rings is 2. The largest absolute Gasteiger partial charge is 0.494 e. The fourth-order valence-corrected chi connectivity index (χ4v) is 11.7. The third-order valence-electron chi connectivity index (χ3n) is 13.9. The van der Waals surface area contributed by atoms with E-state index >= 15 is 4.39 Å². The summed E-state index contributed by atoms with van der Waals surface area (Å²) in [5, 5.41) is 13.4. The molecule has 10 rings (SSSR count). The summed E-state index contributed by atoms with van der Waals surface area (Å²) in [6, 6.07) is 20.8. The zero-order valence-electron chi connectivity index (χ0n) is 40.3. The number of piperazine rings is 1. The van der Waals surface area contributed by atoms with E-state index in [9.17, 15) is 23.7 Å². The van der Waals surface area contributed by atoms with Crippen LogP contribution in [0.15, 0.2) is 91.4 Å². The number of aromatic nitrogens is 4. The van der Waals surface area contributed by atoms with Crippen LogP contribution >= 0.6 is 18.7 Å². The lowest BCUT2D eigenvalue weighted by Gasteiger charge is -2.40. The van der Waals surface area contributed by atoms with Crippen molar-refractivity contribution in [3.05, 3.63) is 113 Å². The minimum Gasteiger partial charge on any atom is -0.494 e. The monoisotopic (exact) mass is 1010 g/mol. The van der Waals surface area contributed by atoms with Crippen LogP contribution in [0, 0.1) is 11.7 Å². The second kappa shape index (κ2) is 19.8. The molecule has 2 aromatic heterocycles. The molecule has 1 unspecified atom stereocenters. The van der Waals surface area contributed by atoms with Gasteiger partial charge in [0.2, 0.25) is 17.8 Å². The number of carbonyl (C=O) groups is 4. The minimum atomic E-state index is -3.16. The summed E-state index contributed by atoms with van der Waals surface area (Å²) in [4.78, 5) is 68.3. The highest BCUT2D eigenvalue weighted by molar-refractivity contribution is 7.70. The Labute approximate surface area is 421 Å². The van der Waals surface area contributed by atoms with Crippen LogP contribution in [0.25, 0.3) is 22.3 Å². The maximum Gasteiger partial charge on any atom is 0.262 e. The normalized spacial score (nSPS) is 17.9. The first-order chi connectivity index (χ1) is 34.6. The van der Waals surface area contributed by atoms with Crippen LogP contribution < -0.4 is 35.8 Å². The van der Waals surface area contributed by atoms with E-state index in [1.54, 1.807) is 48.2 Å². The van der Waals surface area contributed by atoms with Gasteiger partial charge in [-0.05, 0) is 80.5 Å². The average molecular weight is 1010 g/mol. The Balaban J connectivity index is 0.803. The van der Waals surface area contributed by atoms with Gasteiger partial charge in [0, 0.05) is 99.6 Å². The fourth-order valence-electron chi connectivity index (χ4n) is 10.3. The molecule has 0 radical (unpaired) electrons. The third-order valence-corrected chi connectivity index (χ3v) is 15.7. The zero-order chi connectivity index (χ0) is 50.4. The topological polar surface area (TPSA) is 187 Å². The third kappa shape index (κ3) is 9.65. The molecule has 1 atom stereocenters. The molecule has 20 heteroatoms. The van der Waals surface area contributed by atoms with Crippen molar-refractivity contribution < 1.29 is 32.9 Å². The number of fused-ring (bicyclic) bond motifs is 1. The number of rotatable bonds is 13. The Morgan fingerprint density at radius 1 is 0.806 bits per heavy atom. The van der Waals surface area contributed by atoms with Gasteiger partial charge in [0.1, 0.15) is 29.8 Å². The van der Waals surface area contributed by atoms with Crippen molar-refractivity contribution in [2.75, 3.05) is 86.7 Å². The quantitative estimate of drug-likeness (QED) is 0.0762. The first-order valence-corrected chi connectivity index (χ1v) is 26.9. The number of methoxy groups -OCH3 is 1. The van der Waals surface area contributed by atoms with Crippen LogP contribution in [0.5, 0.6) is 5.75 Å². The lowest BCUT2D eigenvalue weighted by atomic mass is 9.95. The molecule has 6 aromatic rings. The van der Waals surface area contributed by atoms with Crippen molar-refractivity contribution in [3.63, 3.8) is 0 Å². The molecule has 6 heterocycles. The van der Waals surface area contributed by atoms with Gasteiger partial charge in [-0.2, -0.15) is 10.1 Å². The number of benzene rings is 4. The smallest absolute Gasteiger partial charge is 0.262 e. The van der Waals surface area contributed by atoms with Gasteiger partial charge >= 0.3 is 0 Å². The van der Waals surface area contributed by atoms with E-state index in [4.69, 9.17) is 21.3 Å². The van der Waals surface area contributed by atoms with E-state index < -0.39 is 42.6 Å². The van der Waals surface area contributed by atoms with Gasteiger partial charge in [0.25, 0.3) is 11.8 Å². The number of amides is 4. The number of hydrogen-bond acceptors (Lipinski definition) is 14. The molecule has 4 aromatic carbocycles. The van der Waals surface area contributed by atoms with Gasteiger partial charge < -0.3 is 29.7 Å². The number of imide groups is 2. The molecule has 72 heavy (non-hydrogen) atoms. The number of nitrogens with one attached hydrogen (secondary N) is 3. The van der Waals surface area contributed by atoms with Crippen molar-refractivity contribution in [1.29, 1.82) is 0 Å². The van der Waals surface area contributed by atoms with Gasteiger partial charge in [0.05, 0.1) is 47.3 Å². The first kappa shape index (κ1) is 48.5. The maximum atomic E-state index is 16.2. The van der Waals surface area contributed by atoms with E-state index in [0.29, 0.717) is 34.0 Å². The molecular formula is C52H54ClFN11O6P. The highest BCUT2D eigenvalue weighted by Gasteiger charge is 2.45. The second-order valence-electron chi connectivity index (χ2n) is 19.0. The Kier molecular flexibility index (Phi) is 13.3. The number of halogens is 2. The molecule has 372 valence electrons. The predicted octanol–water partition coefficient (Wildman–Crippen LogP) is 7.52. The Morgan fingerprint density at radius 2 is 1.54 bits per heavy atom. The lowest BCUT2D eigenvalue weighted by molar-refractivity contribution is -0.136. The van der Waals surface area contributed by atoms with Gasteiger partial charge in [-0.25, -0.2) is 9.37 Å². The standard InChI is InChI=1S/C52H54ClFN11O6P/c1-61-30-33(27-56-61)37-25-41(58-52-55-28-39(53)48(60-52)57-40-13-12-35(32-8-6-5-7-9-32)46(54)47(40)72(3,4)70)44(71-2)26-43(37)64-22-20-62(21-23-64)29-31-16-18-63(19-17-31)34-10-11-36-38(24-34)51(69)65(50(36)68)42-14-15-45(66)59-49(42)67/h5-13,24-28,30-31,42H,14-23,29H2,1-4H3,(H,59,66,67)(H2,55,57,58,60). The van der Waals surface area contributed by atoms with Crippen LogP contribution in [-0.2, 0) is 21.2 Å². The number of anilines is 6. The van der Waals surface area contributed by atoms with Gasteiger partial charge in [-0.1, -0.05) is 41.9 Å². The van der Waals surface area contributed by atoms with Gasteiger partial charge in [0.15, 0.2) is 5.82 Å². The molecule has 0 aliphatic carbocycles. The summed E-state index contributed by atoms with van der Waals surface area (Å²) >= 11 is 6.64. The van der Waals surface area contributed by atoms with Gasteiger partial charge in [-0.15, -0.1) is 0 Å². The SMILES string of the molecule is COc1cc(N2CCN(CC3CCN(c4ccc5c(c4)C(=O)N(C4CCC(=O)NC4=O)C5=O)CC3)CC2)c(-c2cnn(C)c2)cc1Nc1ncc(Cl)c(Nc2ccc(-c3ccccc3)c(F)c2P(C)(C)=O)n1. The Morgan fingerprint density at radius 3 is 2.24 bits per heavy atom. The van der Waals surface area contributed by atoms with E-state index in [-0.39, 0.29) is 46.2 Å². The van der Waals surface area contributed by atoms with Crippen LogP contribution in [0.4, 0.5) is 38.9 Å². The highest BCUT2D eigenvalue weighted by atomic mass is 35.5. The summed E-state index contributed by atoms with van der Waals surface area (Å²) in [6.45, 7) is 8.92. The van der Waals surface area contributed by atoms with Crippen LogP contribution in [0.1, 0.15) is 46.4 Å². The van der Waals surface area contributed by atoms with E-state index in [2.05, 4.69) is 40.7 Å². The molecular weight excluding hydrogens is 960 g/mol. The highest BCUT2D eigenvalue weighted by Crippen LogP contribution is 2.44. The number of aryl methyl sites for hydroxylation is 1. The molecule has 4 aliphatic rings.